The smallest absolute Gasteiger partial charge is 0.0993 e. The summed E-state index contributed by atoms with van der Waals surface area (Å²) in [5.41, 5.74) is 10.3. The second-order valence-corrected chi connectivity index (χ2v) is 9.51. The predicted molar refractivity (Wildman–Crippen MR) is 122 cm³/mol. The Morgan fingerprint density at radius 1 is 0.900 bits per heavy atom. The van der Waals surface area contributed by atoms with Crippen LogP contribution in [0.5, 0.6) is 0 Å². The molecule has 1 fully saturated rings. The van der Waals surface area contributed by atoms with Crippen LogP contribution in [-0.4, -0.2) is 22.6 Å². The van der Waals surface area contributed by atoms with Gasteiger partial charge in [0.15, 0.2) is 0 Å². The molecule has 0 spiro atoms. The molecule has 2 bridgehead atoms. The Labute approximate surface area is 177 Å². The molecule has 148 valence electrons. The molecule has 0 radical (unpaired) electrons. The van der Waals surface area contributed by atoms with Gasteiger partial charge in [0.05, 0.1) is 11.1 Å². The SMILES string of the molecule is Cc1cc2c3c(c1)c1c(n3C(c3ccccc3)(c3ccccc3)C2)C2CCN(C1)C2. The molecular formula is C28H26N2. The van der Waals surface area contributed by atoms with Gasteiger partial charge in [-0.15, -0.1) is 0 Å². The standard InChI is InChI=1S/C28H26N2/c1-19-14-21-16-28(22-8-4-2-5-9-22,23-10-6-3-7-11-23)30-26-20-12-13-29(17-20)18-25(26)24(15-19)27(21)30/h2-11,14-15,20H,12-13,16-18H2,1H3. The monoisotopic (exact) mass is 390 g/mol. The second-order valence-electron chi connectivity index (χ2n) is 9.51. The first kappa shape index (κ1) is 16.9. The van der Waals surface area contributed by atoms with E-state index in [9.17, 15) is 0 Å². The zero-order chi connectivity index (χ0) is 19.9. The van der Waals surface area contributed by atoms with E-state index < -0.39 is 0 Å². The summed E-state index contributed by atoms with van der Waals surface area (Å²) in [5.74, 6) is 0.652. The van der Waals surface area contributed by atoms with E-state index in [1.165, 1.54) is 52.7 Å². The first-order valence-corrected chi connectivity index (χ1v) is 11.3. The van der Waals surface area contributed by atoms with Crippen LogP contribution in [0, 0.1) is 6.92 Å². The summed E-state index contributed by atoms with van der Waals surface area (Å²) >= 11 is 0. The number of aryl methyl sites for hydroxylation is 1. The van der Waals surface area contributed by atoms with Crippen LogP contribution in [0.15, 0.2) is 72.8 Å². The van der Waals surface area contributed by atoms with Crippen LogP contribution in [0.4, 0.5) is 0 Å². The first-order valence-electron chi connectivity index (χ1n) is 11.3. The van der Waals surface area contributed by atoms with Gasteiger partial charge in [-0.2, -0.15) is 0 Å². The molecule has 2 atom stereocenters. The molecule has 2 heteroatoms. The van der Waals surface area contributed by atoms with Crippen LogP contribution in [-0.2, 0) is 18.5 Å². The van der Waals surface area contributed by atoms with Crippen LogP contribution in [0.3, 0.4) is 0 Å². The number of fused-ring (bicyclic) bond motifs is 6. The molecule has 3 aliphatic heterocycles. The molecule has 0 aliphatic carbocycles. The number of hydrogen-bond acceptors (Lipinski definition) is 1. The average molecular weight is 391 g/mol. The van der Waals surface area contributed by atoms with E-state index in [1.807, 2.05) is 0 Å². The van der Waals surface area contributed by atoms with Crippen molar-refractivity contribution in [1.29, 1.82) is 0 Å². The van der Waals surface area contributed by atoms with E-state index in [-0.39, 0.29) is 5.54 Å². The lowest BCUT2D eigenvalue weighted by atomic mass is 9.78. The van der Waals surface area contributed by atoms with Crippen molar-refractivity contribution in [3.63, 3.8) is 0 Å². The molecule has 3 aromatic carbocycles. The van der Waals surface area contributed by atoms with Gasteiger partial charge in [0.25, 0.3) is 0 Å². The molecule has 2 nitrogen and oxygen atoms in total. The summed E-state index contributed by atoms with van der Waals surface area (Å²) in [6.07, 6.45) is 2.33. The van der Waals surface area contributed by atoms with Crippen molar-refractivity contribution >= 4 is 10.9 Å². The molecule has 1 aromatic heterocycles. The fraction of sp³-hybridized carbons (Fsp3) is 0.286. The third kappa shape index (κ3) is 2.03. The lowest BCUT2D eigenvalue weighted by molar-refractivity contribution is 0.307. The maximum Gasteiger partial charge on any atom is 0.0993 e. The number of hydrogen-bond donors (Lipinski definition) is 0. The first-order chi connectivity index (χ1) is 14.8. The molecule has 0 amide bonds. The van der Waals surface area contributed by atoms with Crippen molar-refractivity contribution in [3.8, 4) is 0 Å². The third-order valence-corrected chi connectivity index (χ3v) is 7.80. The Bertz CT molecular complexity index is 1240. The molecule has 0 N–H and O–H groups in total. The summed E-state index contributed by atoms with van der Waals surface area (Å²) in [4.78, 5) is 2.66. The highest BCUT2D eigenvalue weighted by atomic mass is 15.2. The van der Waals surface area contributed by atoms with Crippen molar-refractivity contribution in [2.75, 3.05) is 13.1 Å². The maximum atomic E-state index is 2.80. The maximum absolute atomic E-state index is 2.80. The molecule has 2 unspecified atom stereocenters. The summed E-state index contributed by atoms with van der Waals surface area (Å²) in [7, 11) is 0. The Kier molecular flexibility index (Phi) is 3.30. The minimum absolute atomic E-state index is 0.157. The van der Waals surface area contributed by atoms with E-state index >= 15 is 0 Å². The Morgan fingerprint density at radius 3 is 2.30 bits per heavy atom. The summed E-state index contributed by atoms with van der Waals surface area (Å²) in [6, 6.07) is 27.4. The molecule has 7 rings (SSSR count). The Morgan fingerprint density at radius 2 is 1.60 bits per heavy atom. The zero-order valence-corrected chi connectivity index (χ0v) is 17.4. The van der Waals surface area contributed by atoms with E-state index in [4.69, 9.17) is 0 Å². The van der Waals surface area contributed by atoms with Crippen molar-refractivity contribution in [2.24, 2.45) is 0 Å². The van der Waals surface area contributed by atoms with Gasteiger partial charge in [-0.05, 0) is 48.2 Å². The summed E-state index contributed by atoms with van der Waals surface area (Å²) < 4.78 is 2.80. The number of rotatable bonds is 2. The van der Waals surface area contributed by atoms with Crippen LogP contribution >= 0.6 is 0 Å². The molecule has 30 heavy (non-hydrogen) atoms. The largest absolute Gasteiger partial charge is 0.329 e. The summed E-state index contributed by atoms with van der Waals surface area (Å²) in [6.45, 7) is 5.83. The van der Waals surface area contributed by atoms with Gasteiger partial charge >= 0.3 is 0 Å². The van der Waals surface area contributed by atoms with Gasteiger partial charge in [0.1, 0.15) is 0 Å². The quantitative estimate of drug-likeness (QED) is 0.432. The lowest BCUT2D eigenvalue weighted by Crippen LogP contribution is -2.38. The molecule has 4 aromatic rings. The summed E-state index contributed by atoms with van der Waals surface area (Å²) in [5, 5.41) is 1.50. The predicted octanol–water partition coefficient (Wildman–Crippen LogP) is 5.60. The zero-order valence-electron chi connectivity index (χ0n) is 17.4. The average Bonchev–Trinajstić information content (AvgIpc) is 3.44. The van der Waals surface area contributed by atoms with E-state index in [2.05, 4.69) is 89.2 Å². The minimum Gasteiger partial charge on any atom is -0.329 e. The highest BCUT2D eigenvalue weighted by Gasteiger charge is 2.48. The lowest BCUT2D eigenvalue weighted by Gasteiger charge is -2.37. The van der Waals surface area contributed by atoms with E-state index in [1.54, 1.807) is 11.3 Å². The van der Waals surface area contributed by atoms with E-state index in [0.29, 0.717) is 5.92 Å². The number of benzene rings is 3. The molecular weight excluding hydrogens is 364 g/mol. The van der Waals surface area contributed by atoms with Gasteiger partial charge in [0, 0.05) is 36.5 Å². The third-order valence-electron chi connectivity index (χ3n) is 7.80. The van der Waals surface area contributed by atoms with Crippen LogP contribution in [0.2, 0.25) is 0 Å². The molecule has 4 heterocycles. The minimum atomic E-state index is -0.157. The van der Waals surface area contributed by atoms with Crippen LogP contribution < -0.4 is 0 Å². The van der Waals surface area contributed by atoms with Crippen molar-refractivity contribution < 1.29 is 0 Å². The fourth-order valence-electron chi connectivity index (χ4n) is 6.70. The van der Waals surface area contributed by atoms with Gasteiger partial charge in [0.2, 0.25) is 0 Å². The van der Waals surface area contributed by atoms with Crippen molar-refractivity contribution in [3.05, 3.63) is 106 Å². The molecule has 3 aliphatic rings. The van der Waals surface area contributed by atoms with Gasteiger partial charge in [-0.25, -0.2) is 0 Å². The topological polar surface area (TPSA) is 8.17 Å². The van der Waals surface area contributed by atoms with Crippen molar-refractivity contribution in [1.82, 2.24) is 9.47 Å². The highest BCUT2D eigenvalue weighted by Crippen LogP contribution is 2.53. The number of nitrogens with zero attached hydrogens (tertiary/aromatic N) is 2. The van der Waals surface area contributed by atoms with Crippen molar-refractivity contribution in [2.45, 2.75) is 37.8 Å². The van der Waals surface area contributed by atoms with Crippen LogP contribution in [0.25, 0.3) is 10.9 Å². The van der Waals surface area contributed by atoms with Gasteiger partial charge in [-0.1, -0.05) is 72.3 Å². The van der Waals surface area contributed by atoms with Gasteiger partial charge in [-0.3, -0.25) is 4.90 Å². The van der Waals surface area contributed by atoms with Crippen LogP contribution in [0.1, 0.15) is 45.8 Å². The second kappa shape index (κ2) is 5.86. The normalized spacial score (nSPS) is 23.1. The van der Waals surface area contributed by atoms with E-state index in [0.717, 1.165) is 13.0 Å². The highest BCUT2D eigenvalue weighted by molar-refractivity contribution is 5.92. The Balaban J connectivity index is 1.65. The molecule has 0 saturated carbocycles. The Hall–Kier alpha value is -2.84. The fourth-order valence-corrected chi connectivity index (χ4v) is 6.70. The molecule has 1 saturated heterocycles. The number of aromatic nitrogens is 1. The van der Waals surface area contributed by atoms with Gasteiger partial charge < -0.3 is 4.57 Å².